The molecule has 0 spiro atoms. The van der Waals surface area contributed by atoms with Crippen LogP contribution in [0.4, 0.5) is 0 Å². The number of carbonyl (C=O) groups is 2. The number of amides is 1. The Kier molecular flexibility index (Phi) is 80.3. The molecule has 0 rings (SSSR count). The molecule has 0 heterocycles. The summed E-state index contributed by atoms with van der Waals surface area (Å²) in [6, 6.07) is -0.539. The summed E-state index contributed by atoms with van der Waals surface area (Å²) < 4.78 is 5.50. The molecule has 3 N–H and O–H groups in total. The normalized spacial score (nSPS) is 12.5. The molecule has 0 aromatic carbocycles. The Morgan fingerprint density at radius 3 is 0.837 bits per heavy atom. The van der Waals surface area contributed by atoms with Gasteiger partial charge in [0.2, 0.25) is 5.91 Å². The summed E-state index contributed by atoms with van der Waals surface area (Å²) in [5, 5.41) is 23.5. The van der Waals surface area contributed by atoms with E-state index in [0.717, 1.165) is 51.4 Å². The van der Waals surface area contributed by atoms with E-state index in [-0.39, 0.29) is 18.5 Å². The van der Waals surface area contributed by atoms with Crippen LogP contribution in [0.2, 0.25) is 0 Å². The molecule has 0 radical (unpaired) electrons. The molecule has 6 heteroatoms. The number of aliphatic hydroxyl groups excluding tert-OH is 2. The van der Waals surface area contributed by atoms with E-state index in [2.05, 4.69) is 43.5 Å². The first-order valence-corrected chi connectivity index (χ1v) is 42.6. The molecule has 0 saturated carbocycles. The van der Waals surface area contributed by atoms with Crippen LogP contribution in [0.1, 0.15) is 489 Å². The molecular weight excluding hydrogens is 1130 g/mol. The zero-order chi connectivity index (χ0) is 66.3. The molecular formula is C86H167NO5. The zero-order valence-electron chi connectivity index (χ0n) is 62.8. The van der Waals surface area contributed by atoms with E-state index in [1.165, 1.54) is 405 Å². The average Bonchev–Trinajstić information content (AvgIpc) is 3.61. The largest absolute Gasteiger partial charge is 0.466 e. The van der Waals surface area contributed by atoms with Gasteiger partial charge in [-0.25, -0.2) is 0 Å². The summed E-state index contributed by atoms with van der Waals surface area (Å²) in [7, 11) is 0. The minimum Gasteiger partial charge on any atom is -0.466 e. The Hall–Kier alpha value is -1.66. The molecule has 0 fully saturated rings. The van der Waals surface area contributed by atoms with Gasteiger partial charge in [0, 0.05) is 12.8 Å². The number of allylic oxidation sites excluding steroid dienone is 4. The van der Waals surface area contributed by atoms with Crippen LogP contribution < -0.4 is 5.32 Å². The molecule has 2 atom stereocenters. The molecule has 0 aliphatic heterocycles. The molecule has 2 unspecified atom stereocenters. The number of rotatable bonds is 81. The second-order valence-corrected chi connectivity index (χ2v) is 29.5. The van der Waals surface area contributed by atoms with Crippen molar-refractivity contribution in [2.75, 3.05) is 13.2 Å². The highest BCUT2D eigenvalue weighted by Crippen LogP contribution is 2.21. The van der Waals surface area contributed by atoms with Gasteiger partial charge in [-0.15, -0.1) is 0 Å². The van der Waals surface area contributed by atoms with Gasteiger partial charge in [-0.2, -0.15) is 0 Å². The lowest BCUT2D eigenvalue weighted by molar-refractivity contribution is -0.143. The third-order valence-electron chi connectivity index (χ3n) is 20.3. The smallest absolute Gasteiger partial charge is 0.305 e. The van der Waals surface area contributed by atoms with E-state index in [0.29, 0.717) is 25.9 Å². The van der Waals surface area contributed by atoms with Crippen LogP contribution in [0.5, 0.6) is 0 Å². The monoisotopic (exact) mass is 1290 g/mol. The molecule has 0 saturated heterocycles. The maximum absolute atomic E-state index is 12.6. The van der Waals surface area contributed by atoms with Crippen molar-refractivity contribution in [3.63, 3.8) is 0 Å². The van der Waals surface area contributed by atoms with Gasteiger partial charge >= 0.3 is 5.97 Å². The molecule has 92 heavy (non-hydrogen) atoms. The number of nitrogens with one attached hydrogen (secondary N) is 1. The van der Waals surface area contributed by atoms with Crippen LogP contribution >= 0.6 is 0 Å². The topological polar surface area (TPSA) is 95.9 Å². The van der Waals surface area contributed by atoms with Gasteiger partial charge in [-0.3, -0.25) is 9.59 Å². The van der Waals surface area contributed by atoms with Crippen molar-refractivity contribution in [3.8, 4) is 0 Å². The van der Waals surface area contributed by atoms with Crippen LogP contribution in [-0.2, 0) is 14.3 Å². The first-order valence-electron chi connectivity index (χ1n) is 42.6. The highest BCUT2D eigenvalue weighted by molar-refractivity contribution is 5.76. The quantitative estimate of drug-likeness (QED) is 0.0320. The van der Waals surface area contributed by atoms with E-state index < -0.39 is 12.1 Å². The molecule has 0 aromatic rings. The van der Waals surface area contributed by atoms with Crippen molar-refractivity contribution < 1.29 is 24.5 Å². The van der Waals surface area contributed by atoms with E-state index in [1.807, 2.05) is 0 Å². The van der Waals surface area contributed by atoms with E-state index >= 15 is 0 Å². The van der Waals surface area contributed by atoms with Gasteiger partial charge in [0.1, 0.15) is 0 Å². The lowest BCUT2D eigenvalue weighted by Gasteiger charge is -2.22. The Labute approximate surface area is 577 Å². The van der Waals surface area contributed by atoms with Gasteiger partial charge < -0.3 is 20.3 Å². The molecule has 6 nitrogen and oxygen atoms in total. The third kappa shape index (κ3) is 77.3. The van der Waals surface area contributed by atoms with Crippen molar-refractivity contribution in [1.29, 1.82) is 0 Å². The van der Waals surface area contributed by atoms with Crippen LogP contribution in [0.25, 0.3) is 0 Å². The highest BCUT2D eigenvalue weighted by Gasteiger charge is 2.20. The van der Waals surface area contributed by atoms with Gasteiger partial charge in [0.15, 0.2) is 0 Å². The number of carbonyl (C=O) groups excluding carboxylic acids is 2. The minimum absolute atomic E-state index is 0.0102. The fourth-order valence-electron chi connectivity index (χ4n) is 13.8. The summed E-state index contributed by atoms with van der Waals surface area (Å²) in [4.78, 5) is 24.7. The van der Waals surface area contributed by atoms with Crippen LogP contribution in [0, 0.1) is 0 Å². The first kappa shape index (κ1) is 90.3. The van der Waals surface area contributed by atoms with E-state index in [9.17, 15) is 19.8 Å². The van der Waals surface area contributed by atoms with Gasteiger partial charge in [0.25, 0.3) is 0 Å². The third-order valence-corrected chi connectivity index (χ3v) is 20.3. The minimum atomic E-state index is -0.662. The average molecular weight is 1300 g/mol. The fourth-order valence-corrected chi connectivity index (χ4v) is 13.8. The summed E-state index contributed by atoms with van der Waals surface area (Å²) >= 11 is 0. The van der Waals surface area contributed by atoms with E-state index in [4.69, 9.17) is 4.74 Å². The summed E-state index contributed by atoms with van der Waals surface area (Å²) in [5.74, 6) is -0.0132. The van der Waals surface area contributed by atoms with Gasteiger partial charge in [-0.1, -0.05) is 443 Å². The SMILES string of the molecule is CCCCCC/C=C\C/C=C\CCCCCCCC(=O)OCCCCCCCCCCCCCCCCCCCCCCCCCCCCCCCCCCCCCC(=O)NC(CO)C(O)CCCCCCCCCCCCCCCCCCCCCCCCCC. The Morgan fingerprint density at radius 2 is 0.543 bits per heavy atom. The van der Waals surface area contributed by atoms with Gasteiger partial charge in [0.05, 0.1) is 25.4 Å². The number of esters is 1. The number of aliphatic hydroxyl groups is 2. The standard InChI is InChI=1S/C86H167NO5/c1-3-5-7-9-11-13-15-17-19-21-22-23-24-38-41-44-47-50-54-58-62-66-70-74-78-84(89)83(82-88)87-85(90)79-75-71-67-63-59-55-51-48-45-42-39-36-34-32-30-28-26-25-27-29-31-33-35-37-40-43-46-49-53-57-61-65-69-73-77-81-92-86(91)80-76-72-68-64-60-56-52-20-18-16-14-12-10-8-6-4-2/h14,16,20,52,83-84,88-89H,3-13,15,17-19,21-51,53-82H2,1-2H3,(H,87,90)/b16-14-,52-20-. The second kappa shape index (κ2) is 81.8. The Bertz CT molecular complexity index is 1450. The molecule has 546 valence electrons. The zero-order valence-corrected chi connectivity index (χ0v) is 62.8. The number of unbranched alkanes of at least 4 members (excludes halogenated alkanes) is 66. The number of hydrogen-bond donors (Lipinski definition) is 3. The maximum atomic E-state index is 12.6. The Balaban J connectivity index is 3.32. The van der Waals surface area contributed by atoms with Crippen LogP contribution in [0.15, 0.2) is 24.3 Å². The van der Waals surface area contributed by atoms with Crippen molar-refractivity contribution in [1.82, 2.24) is 5.32 Å². The molecule has 0 aliphatic carbocycles. The summed E-state index contributed by atoms with van der Waals surface area (Å²) in [6.45, 7) is 4.99. The maximum Gasteiger partial charge on any atom is 0.305 e. The van der Waals surface area contributed by atoms with Crippen molar-refractivity contribution in [2.24, 2.45) is 0 Å². The predicted molar refractivity (Wildman–Crippen MR) is 407 cm³/mol. The highest BCUT2D eigenvalue weighted by atomic mass is 16.5. The first-order chi connectivity index (χ1) is 45.5. The summed E-state index contributed by atoms with van der Waals surface area (Å²) in [5.41, 5.74) is 0. The Morgan fingerprint density at radius 1 is 0.304 bits per heavy atom. The predicted octanol–water partition coefficient (Wildman–Crippen LogP) is 28.4. The molecule has 0 aliphatic rings. The molecule has 0 aromatic heterocycles. The van der Waals surface area contributed by atoms with Crippen molar-refractivity contribution >= 4 is 11.9 Å². The van der Waals surface area contributed by atoms with Crippen LogP contribution in [-0.4, -0.2) is 47.4 Å². The molecule has 0 bridgehead atoms. The number of hydrogen-bond acceptors (Lipinski definition) is 5. The lowest BCUT2D eigenvalue weighted by atomic mass is 10.0. The molecule has 1 amide bonds. The number of ether oxygens (including phenoxy) is 1. The fraction of sp³-hybridized carbons (Fsp3) is 0.930. The van der Waals surface area contributed by atoms with E-state index in [1.54, 1.807) is 0 Å². The summed E-state index contributed by atoms with van der Waals surface area (Å²) in [6.07, 6.45) is 106. The van der Waals surface area contributed by atoms with Crippen LogP contribution in [0.3, 0.4) is 0 Å². The van der Waals surface area contributed by atoms with Crippen molar-refractivity contribution in [2.45, 2.75) is 501 Å². The van der Waals surface area contributed by atoms with Crippen molar-refractivity contribution in [3.05, 3.63) is 24.3 Å². The second-order valence-electron chi connectivity index (χ2n) is 29.5. The van der Waals surface area contributed by atoms with Gasteiger partial charge in [-0.05, 0) is 57.8 Å². The lowest BCUT2D eigenvalue weighted by Crippen LogP contribution is -2.45.